The van der Waals surface area contributed by atoms with Crippen molar-refractivity contribution in [1.82, 2.24) is 10.2 Å². The number of nitrogens with one attached hydrogen (secondary N) is 1. The van der Waals surface area contributed by atoms with Gasteiger partial charge in [0.05, 0.1) is 0 Å². The molecule has 0 amide bonds. The van der Waals surface area contributed by atoms with Crippen LogP contribution in [0.3, 0.4) is 0 Å². The molecule has 1 saturated heterocycles. The second-order valence-electron chi connectivity index (χ2n) is 6.47. The summed E-state index contributed by atoms with van der Waals surface area (Å²) in [6.45, 7) is 6.55. The fraction of sp³-hybridized carbons (Fsp3) is 0.941. The maximum absolute atomic E-state index is 11.3. The standard InChI is InChI=1S/C17H34N2O2/c1-3-4-5-6-7-8-9-10-11-12-14-19-15-13-18-17(19,2)16(20)21/h18H,3-15H2,1-2H3,(H,20,21). The third-order valence-corrected chi connectivity index (χ3v) is 4.68. The quantitative estimate of drug-likeness (QED) is 0.540. The van der Waals surface area contributed by atoms with Crippen molar-refractivity contribution in [2.24, 2.45) is 0 Å². The smallest absolute Gasteiger partial charge is 0.338 e. The highest BCUT2D eigenvalue weighted by Crippen LogP contribution is 2.18. The van der Waals surface area contributed by atoms with Gasteiger partial charge in [0.2, 0.25) is 0 Å². The number of unbranched alkanes of at least 4 members (excludes halogenated alkanes) is 9. The maximum atomic E-state index is 11.3. The van der Waals surface area contributed by atoms with E-state index in [1.165, 1.54) is 57.8 Å². The van der Waals surface area contributed by atoms with Gasteiger partial charge < -0.3 is 5.11 Å². The van der Waals surface area contributed by atoms with Crippen LogP contribution in [0.15, 0.2) is 0 Å². The van der Waals surface area contributed by atoms with E-state index in [0.29, 0.717) is 0 Å². The van der Waals surface area contributed by atoms with Crippen LogP contribution >= 0.6 is 0 Å². The first-order chi connectivity index (χ1) is 10.1. The summed E-state index contributed by atoms with van der Waals surface area (Å²) in [5, 5.41) is 12.4. The second-order valence-corrected chi connectivity index (χ2v) is 6.47. The molecule has 4 heteroatoms. The molecule has 0 bridgehead atoms. The molecule has 0 aromatic carbocycles. The Morgan fingerprint density at radius 1 is 1.05 bits per heavy atom. The van der Waals surface area contributed by atoms with Crippen molar-refractivity contribution in [2.45, 2.75) is 83.7 Å². The number of hydrogen-bond acceptors (Lipinski definition) is 3. The van der Waals surface area contributed by atoms with E-state index in [-0.39, 0.29) is 0 Å². The minimum absolute atomic E-state index is 0.757. The summed E-state index contributed by atoms with van der Waals surface area (Å²) in [4.78, 5) is 13.4. The summed E-state index contributed by atoms with van der Waals surface area (Å²) in [5.41, 5.74) is -0.848. The van der Waals surface area contributed by atoms with Crippen LogP contribution in [-0.2, 0) is 4.79 Å². The number of carboxylic acid groups (broad SMARTS) is 1. The molecule has 4 nitrogen and oxygen atoms in total. The Balaban J connectivity index is 1.98. The van der Waals surface area contributed by atoms with Gasteiger partial charge in [-0.05, 0) is 13.3 Å². The second kappa shape index (κ2) is 10.2. The predicted octanol–water partition coefficient (Wildman–Crippen LogP) is 3.61. The zero-order valence-corrected chi connectivity index (χ0v) is 14.0. The molecule has 1 unspecified atom stereocenters. The van der Waals surface area contributed by atoms with Crippen LogP contribution in [0.5, 0.6) is 0 Å². The van der Waals surface area contributed by atoms with Crippen LogP contribution in [0.1, 0.15) is 78.1 Å². The van der Waals surface area contributed by atoms with Crippen molar-refractivity contribution in [2.75, 3.05) is 19.6 Å². The SMILES string of the molecule is CCCCCCCCCCCCN1CCNC1(C)C(=O)O. The summed E-state index contributed by atoms with van der Waals surface area (Å²) < 4.78 is 0. The van der Waals surface area contributed by atoms with E-state index >= 15 is 0 Å². The van der Waals surface area contributed by atoms with Crippen LogP contribution in [0, 0.1) is 0 Å². The van der Waals surface area contributed by atoms with Crippen molar-refractivity contribution >= 4 is 5.97 Å². The Morgan fingerprint density at radius 3 is 2.10 bits per heavy atom. The molecule has 0 spiro atoms. The molecule has 0 radical (unpaired) electrons. The number of carbonyl (C=O) groups is 1. The third kappa shape index (κ3) is 6.35. The summed E-state index contributed by atoms with van der Waals surface area (Å²) in [6.07, 6.45) is 13.2. The van der Waals surface area contributed by atoms with Crippen molar-refractivity contribution in [1.29, 1.82) is 0 Å². The highest BCUT2D eigenvalue weighted by Gasteiger charge is 2.42. The van der Waals surface area contributed by atoms with E-state index in [0.717, 1.165) is 26.1 Å². The summed E-state index contributed by atoms with van der Waals surface area (Å²) >= 11 is 0. The fourth-order valence-electron chi connectivity index (χ4n) is 3.11. The van der Waals surface area contributed by atoms with Gasteiger partial charge in [-0.1, -0.05) is 64.7 Å². The van der Waals surface area contributed by atoms with Crippen LogP contribution < -0.4 is 5.32 Å². The molecule has 2 N–H and O–H groups in total. The zero-order valence-electron chi connectivity index (χ0n) is 14.0. The Morgan fingerprint density at radius 2 is 1.57 bits per heavy atom. The van der Waals surface area contributed by atoms with Crippen LogP contribution in [0.2, 0.25) is 0 Å². The Kier molecular flexibility index (Phi) is 8.93. The van der Waals surface area contributed by atoms with Gasteiger partial charge in [-0.25, -0.2) is 4.79 Å². The molecule has 0 aromatic rings. The molecule has 1 aliphatic rings. The highest BCUT2D eigenvalue weighted by atomic mass is 16.4. The van der Waals surface area contributed by atoms with E-state index in [1.54, 1.807) is 6.92 Å². The topological polar surface area (TPSA) is 52.6 Å². The van der Waals surface area contributed by atoms with Gasteiger partial charge in [0.25, 0.3) is 0 Å². The lowest BCUT2D eigenvalue weighted by Crippen LogP contribution is -2.55. The van der Waals surface area contributed by atoms with Gasteiger partial charge in [-0.3, -0.25) is 10.2 Å². The maximum Gasteiger partial charge on any atom is 0.338 e. The van der Waals surface area contributed by atoms with Crippen molar-refractivity contribution in [3.8, 4) is 0 Å². The number of nitrogens with zero attached hydrogens (tertiary/aromatic N) is 1. The van der Waals surface area contributed by atoms with E-state index in [9.17, 15) is 9.90 Å². The lowest BCUT2D eigenvalue weighted by Gasteiger charge is -2.30. The van der Waals surface area contributed by atoms with E-state index in [2.05, 4.69) is 17.1 Å². The molecule has 0 aromatic heterocycles. The van der Waals surface area contributed by atoms with Crippen molar-refractivity contribution < 1.29 is 9.90 Å². The molecule has 1 rings (SSSR count). The minimum Gasteiger partial charge on any atom is -0.479 e. The molecule has 124 valence electrons. The highest BCUT2D eigenvalue weighted by molar-refractivity contribution is 5.78. The fourth-order valence-corrected chi connectivity index (χ4v) is 3.11. The van der Waals surface area contributed by atoms with Crippen molar-refractivity contribution in [3.05, 3.63) is 0 Å². The van der Waals surface area contributed by atoms with Crippen molar-refractivity contribution in [3.63, 3.8) is 0 Å². The molecule has 1 atom stereocenters. The lowest BCUT2D eigenvalue weighted by molar-refractivity contribution is -0.150. The van der Waals surface area contributed by atoms with Gasteiger partial charge in [0, 0.05) is 19.6 Å². The van der Waals surface area contributed by atoms with E-state index < -0.39 is 11.6 Å². The average Bonchev–Trinajstić information content (AvgIpc) is 2.84. The van der Waals surface area contributed by atoms with Gasteiger partial charge in [0.1, 0.15) is 0 Å². The molecule has 1 aliphatic heterocycles. The van der Waals surface area contributed by atoms with E-state index in [1.807, 2.05) is 0 Å². The first-order valence-corrected chi connectivity index (χ1v) is 8.84. The normalized spacial score (nSPS) is 22.8. The third-order valence-electron chi connectivity index (χ3n) is 4.68. The lowest BCUT2D eigenvalue weighted by atomic mass is 10.1. The Labute approximate surface area is 130 Å². The number of rotatable bonds is 12. The largest absolute Gasteiger partial charge is 0.479 e. The Hall–Kier alpha value is -0.610. The van der Waals surface area contributed by atoms with Gasteiger partial charge in [0.15, 0.2) is 5.66 Å². The molecule has 0 saturated carbocycles. The molecule has 1 heterocycles. The monoisotopic (exact) mass is 298 g/mol. The van der Waals surface area contributed by atoms with E-state index in [4.69, 9.17) is 0 Å². The van der Waals surface area contributed by atoms with Crippen LogP contribution in [0.4, 0.5) is 0 Å². The Bertz CT molecular complexity index is 297. The van der Waals surface area contributed by atoms with Gasteiger partial charge >= 0.3 is 5.97 Å². The molecule has 0 aliphatic carbocycles. The molecule has 1 fully saturated rings. The average molecular weight is 298 g/mol. The molecular formula is C17H34N2O2. The first kappa shape index (κ1) is 18.4. The summed E-state index contributed by atoms with van der Waals surface area (Å²) in [7, 11) is 0. The zero-order chi connectivity index (χ0) is 15.6. The number of hydrogen-bond donors (Lipinski definition) is 2. The number of carboxylic acids is 1. The number of aliphatic carboxylic acids is 1. The predicted molar refractivity (Wildman–Crippen MR) is 87.5 cm³/mol. The van der Waals surface area contributed by atoms with Crippen LogP contribution in [-0.4, -0.2) is 41.3 Å². The summed E-state index contributed by atoms with van der Waals surface area (Å²) in [6, 6.07) is 0. The van der Waals surface area contributed by atoms with Crippen LogP contribution in [0.25, 0.3) is 0 Å². The molecular weight excluding hydrogens is 264 g/mol. The van der Waals surface area contributed by atoms with Gasteiger partial charge in [-0.2, -0.15) is 0 Å². The van der Waals surface area contributed by atoms with Gasteiger partial charge in [-0.15, -0.1) is 0 Å². The first-order valence-electron chi connectivity index (χ1n) is 8.84. The summed E-state index contributed by atoms with van der Waals surface area (Å²) in [5.74, 6) is -0.757. The minimum atomic E-state index is -0.848. The molecule has 21 heavy (non-hydrogen) atoms.